The topological polar surface area (TPSA) is 25.2 Å². The van der Waals surface area contributed by atoms with E-state index in [1.807, 2.05) is 12.1 Å². The molecular weight excluding hydrogens is 304 g/mol. The van der Waals surface area contributed by atoms with Gasteiger partial charge in [0.2, 0.25) is 0 Å². The molecule has 0 aliphatic carbocycles. The highest BCUT2D eigenvalue weighted by atomic mass is 32.1. The molecule has 0 amide bonds. The SMILES string of the molecule is Fc1ccc(S)cc1F.c1ccc2c3c(oc2c1)CNCC3. The van der Waals surface area contributed by atoms with Gasteiger partial charge < -0.3 is 9.73 Å². The third kappa shape index (κ3) is 3.15. The van der Waals surface area contributed by atoms with Crippen LogP contribution in [0, 0.1) is 11.6 Å². The van der Waals surface area contributed by atoms with Gasteiger partial charge in [0.1, 0.15) is 11.3 Å². The van der Waals surface area contributed by atoms with Crippen LogP contribution >= 0.6 is 12.6 Å². The number of hydrogen-bond acceptors (Lipinski definition) is 3. The number of thiol groups is 1. The molecule has 1 aromatic heterocycles. The number of furan rings is 1. The summed E-state index contributed by atoms with van der Waals surface area (Å²) >= 11 is 3.79. The van der Waals surface area contributed by atoms with E-state index in [9.17, 15) is 8.78 Å². The average Bonchev–Trinajstić information content (AvgIpc) is 2.91. The second-order valence-corrected chi connectivity index (χ2v) is 5.54. The van der Waals surface area contributed by atoms with Crippen LogP contribution in [0.15, 0.2) is 51.8 Å². The molecule has 2 aromatic carbocycles. The molecule has 1 aliphatic heterocycles. The van der Waals surface area contributed by atoms with Crippen molar-refractivity contribution in [2.45, 2.75) is 17.9 Å². The van der Waals surface area contributed by atoms with Crippen molar-refractivity contribution in [3.05, 3.63) is 65.4 Å². The Morgan fingerprint density at radius 2 is 1.86 bits per heavy atom. The zero-order valence-electron chi connectivity index (χ0n) is 11.8. The van der Waals surface area contributed by atoms with Gasteiger partial charge in [-0.25, -0.2) is 8.78 Å². The van der Waals surface area contributed by atoms with Crippen molar-refractivity contribution in [2.24, 2.45) is 0 Å². The maximum atomic E-state index is 12.2. The van der Waals surface area contributed by atoms with Gasteiger partial charge in [0.05, 0.1) is 6.54 Å². The van der Waals surface area contributed by atoms with Crippen molar-refractivity contribution in [2.75, 3.05) is 6.54 Å². The van der Waals surface area contributed by atoms with Gasteiger partial charge in [0.15, 0.2) is 11.6 Å². The summed E-state index contributed by atoms with van der Waals surface area (Å²) in [6.07, 6.45) is 1.09. The number of hydrogen-bond donors (Lipinski definition) is 2. The van der Waals surface area contributed by atoms with Crippen molar-refractivity contribution in [1.29, 1.82) is 0 Å². The zero-order valence-corrected chi connectivity index (χ0v) is 12.7. The monoisotopic (exact) mass is 319 g/mol. The minimum Gasteiger partial charge on any atom is -0.459 e. The van der Waals surface area contributed by atoms with Gasteiger partial charge in [-0.1, -0.05) is 18.2 Å². The van der Waals surface area contributed by atoms with Crippen LogP contribution in [0.25, 0.3) is 11.0 Å². The van der Waals surface area contributed by atoms with Gasteiger partial charge >= 0.3 is 0 Å². The highest BCUT2D eigenvalue weighted by Crippen LogP contribution is 2.27. The molecule has 0 unspecified atom stereocenters. The maximum absolute atomic E-state index is 12.2. The molecule has 4 rings (SSSR count). The fraction of sp³-hybridized carbons (Fsp3) is 0.176. The Labute approximate surface area is 132 Å². The number of rotatable bonds is 0. The molecule has 1 aliphatic rings. The molecule has 0 radical (unpaired) electrons. The first-order valence-corrected chi connectivity index (χ1v) is 7.44. The Balaban J connectivity index is 0.000000142. The van der Waals surface area contributed by atoms with E-state index < -0.39 is 11.6 Å². The number of halogens is 2. The lowest BCUT2D eigenvalue weighted by atomic mass is 10.1. The molecule has 3 aromatic rings. The van der Waals surface area contributed by atoms with E-state index in [0.29, 0.717) is 4.90 Å². The van der Waals surface area contributed by atoms with Gasteiger partial charge in [-0.05, 0) is 37.2 Å². The van der Waals surface area contributed by atoms with Gasteiger partial charge in [-0.15, -0.1) is 12.6 Å². The summed E-state index contributed by atoms with van der Waals surface area (Å²) in [5, 5.41) is 4.60. The first-order valence-electron chi connectivity index (χ1n) is 6.99. The molecule has 114 valence electrons. The quantitative estimate of drug-likeness (QED) is 0.603. The molecule has 0 saturated heterocycles. The first kappa shape index (κ1) is 15.1. The molecule has 5 heteroatoms. The van der Waals surface area contributed by atoms with E-state index >= 15 is 0 Å². The standard InChI is InChI=1S/C11H11NO.C6H4F2S/c1-2-4-10-8(3-1)9-5-6-12-7-11(9)13-10;7-5-2-1-4(9)3-6(5)8/h1-4,12H,5-7H2;1-3,9H. The van der Waals surface area contributed by atoms with Crippen molar-refractivity contribution in [3.63, 3.8) is 0 Å². The van der Waals surface area contributed by atoms with Crippen LogP contribution in [0.4, 0.5) is 8.78 Å². The lowest BCUT2D eigenvalue weighted by Gasteiger charge is -2.10. The van der Waals surface area contributed by atoms with Gasteiger partial charge in [0, 0.05) is 15.8 Å². The lowest BCUT2D eigenvalue weighted by Crippen LogP contribution is -2.22. The van der Waals surface area contributed by atoms with E-state index in [2.05, 4.69) is 30.1 Å². The van der Waals surface area contributed by atoms with Crippen molar-refractivity contribution < 1.29 is 13.2 Å². The second kappa shape index (κ2) is 6.50. The number of para-hydroxylation sites is 1. The van der Waals surface area contributed by atoms with Gasteiger partial charge in [0.25, 0.3) is 0 Å². The minimum atomic E-state index is -0.859. The Hall–Kier alpha value is -1.85. The summed E-state index contributed by atoms with van der Waals surface area (Å²) in [5.41, 5.74) is 2.42. The van der Waals surface area contributed by atoms with Crippen LogP contribution in [-0.4, -0.2) is 6.54 Å². The van der Waals surface area contributed by atoms with E-state index in [1.54, 1.807) is 0 Å². The lowest BCUT2D eigenvalue weighted by molar-refractivity contribution is 0.488. The summed E-state index contributed by atoms with van der Waals surface area (Å²) in [7, 11) is 0. The molecule has 0 spiro atoms. The third-order valence-corrected chi connectivity index (χ3v) is 3.80. The fourth-order valence-electron chi connectivity index (χ4n) is 2.47. The molecule has 0 atom stereocenters. The van der Waals surface area contributed by atoms with E-state index in [4.69, 9.17) is 4.42 Å². The predicted octanol–water partition coefficient (Wildman–Crippen LogP) is 4.33. The normalized spacial score (nSPS) is 13.4. The average molecular weight is 319 g/mol. The number of fused-ring (bicyclic) bond motifs is 3. The summed E-state index contributed by atoms with van der Waals surface area (Å²) in [4.78, 5) is 0.425. The van der Waals surface area contributed by atoms with E-state index in [1.165, 1.54) is 17.0 Å². The molecule has 22 heavy (non-hydrogen) atoms. The highest BCUT2D eigenvalue weighted by Gasteiger charge is 2.16. The molecule has 2 heterocycles. The van der Waals surface area contributed by atoms with Crippen LogP contribution in [0.5, 0.6) is 0 Å². The zero-order chi connectivity index (χ0) is 15.5. The molecular formula is C17H15F2NOS. The number of benzene rings is 2. The third-order valence-electron chi connectivity index (χ3n) is 3.52. The minimum absolute atomic E-state index is 0.425. The Morgan fingerprint density at radius 3 is 2.64 bits per heavy atom. The molecule has 1 N–H and O–H groups in total. The highest BCUT2D eigenvalue weighted by molar-refractivity contribution is 7.80. The molecule has 0 fully saturated rings. The van der Waals surface area contributed by atoms with Crippen LogP contribution in [0.3, 0.4) is 0 Å². The predicted molar refractivity (Wildman–Crippen MR) is 85.2 cm³/mol. The van der Waals surface area contributed by atoms with Crippen LogP contribution in [-0.2, 0) is 13.0 Å². The van der Waals surface area contributed by atoms with Crippen molar-refractivity contribution in [1.82, 2.24) is 5.32 Å². The smallest absolute Gasteiger partial charge is 0.159 e. The first-order chi connectivity index (χ1) is 10.6. The summed E-state index contributed by atoms with van der Waals surface area (Å²) in [6, 6.07) is 11.7. The Kier molecular flexibility index (Phi) is 4.45. The van der Waals surface area contributed by atoms with Crippen LogP contribution < -0.4 is 5.32 Å². The van der Waals surface area contributed by atoms with Crippen molar-refractivity contribution >= 4 is 23.6 Å². The van der Waals surface area contributed by atoms with Crippen LogP contribution in [0.1, 0.15) is 11.3 Å². The summed E-state index contributed by atoms with van der Waals surface area (Å²) in [5.74, 6) is -0.581. The Bertz CT molecular complexity index is 800. The summed E-state index contributed by atoms with van der Waals surface area (Å²) < 4.78 is 30.0. The molecule has 0 bridgehead atoms. The largest absolute Gasteiger partial charge is 0.459 e. The molecule has 2 nitrogen and oxygen atoms in total. The van der Waals surface area contributed by atoms with Crippen molar-refractivity contribution in [3.8, 4) is 0 Å². The summed E-state index contributed by atoms with van der Waals surface area (Å²) in [6.45, 7) is 1.94. The van der Waals surface area contributed by atoms with Gasteiger partial charge in [-0.3, -0.25) is 0 Å². The Morgan fingerprint density at radius 1 is 1.05 bits per heavy atom. The second-order valence-electron chi connectivity index (χ2n) is 5.03. The molecule has 0 saturated carbocycles. The van der Waals surface area contributed by atoms with Crippen LogP contribution in [0.2, 0.25) is 0 Å². The number of nitrogens with one attached hydrogen (secondary N) is 1. The van der Waals surface area contributed by atoms with E-state index in [-0.39, 0.29) is 0 Å². The maximum Gasteiger partial charge on any atom is 0.159 e. The van der Waals surface area contributed by atoms with Gasteiger partial charge in [-0.2, -0.15) is 0 Å². The fourth-order valence-corrected chi connectivity index (χ4v) is 2.65. The van der Waals surface area contributed by atoms with E-state index in [0.717, 1.165) is 43.0 Å².